The van der Waals surface area contributed by atoms with Gasteiger partial charge in [0.1, 0.15) is 6.04 Å². The van der Waals surface area contributed by atoms with Gasteiger partial charge in [0.15, 0.2) is 0 Å². The molecule has 5 heteroatoms. The highest BCUT2D eigenvalue weighted by Gasteiger charge is 2.34. The van der Waals surface area contributed by atoms with Gasteiger partial charge in [-0.1, -0.05) is 19.8 Å². The normalized spacial score (nSPS) is 20.4. The highest BCUT2D eigenvalue weighted by Crippen LogP contribution is 2.19. The van der Waals surface area contributed by atoms with E-state index in [2.05, 4.69) is 16.0 Å². The van der Waals surface area contributed by atoms with Crippen molar-refractivity contribution >= 4 is 12.0 Å². The van der Waals surface area contributed by atoms with Crippen LogP contribution in [0.25, 0.3) is 0 Å². The standard InChI is InChI=1S/C13H20N2O3/c1-5-10-7-6-8-15(10)12(16)11(9(2)3)14-13(17)18-4/h1,9-11H,6-8H2,2-4H3,(H,14,17). The lowest BCUT2D eigenvalue weighted by Gasteiger charge is -2.28. The number of alkyl carbamates (subject to hydrolysis) is 1. The highest BCUT2D eigenvalue weighted by atomic mass is 16.5. The van der Waals surface area contributed by atoms with E-state index >= 15 is 0 Å². The van der Waals surface area contributed by atoms with Crippen molar-refractivity contribution in [2.75, 3.05) is 13.7 Å². The van der Waals surface area contributed by atoms with Crippen molar-refractivity contribution in [1.29, 1.82) is 0 Å². The molecule has 5 nitrogen and oxygen atoms in total. The fraction of sp³-hybridized carbons (Fsp3) is 0.692. The molecule has 1 aliphatic rings. The fourth-order valence-electron chi connectivity index (χ4n) is 2.08. The topological polar surface area (TPSA) is 58.6 Å². The van der Waals surface area contributed by atoms with Crippen molar-refractivity contribution in [3.63, 3.8) is 0 Å². The van der Waals surface area contributed by atoms with Crippen LogP contribution in [-0.4, -0.2) is 42.6 Å². The van der Waals surface area contributed by atoms with Crippen LogP contribution in [-0.2, 0) is 9.53 Å². The highest BCUT2D eigenvalue weighted by molar-refractivity contribution is 5.86. The van der Waals surface area contributed by atoms with Gasteiger partial charge in [0, 0.05) is 6.54 Å². The molecule has 18 heavy (non-hydrogen) atoms. The molecule has 0 bridgehead atoms. The van der Waals surface area contributed by atoms with Gasteiger partial charge in [0.05, 0.1) is 13.2 Å². The number of likely N-dealkylation sites (tertiary alicyclic amines) is 1. The van der Waals surface area contributed by atoms with E-state index in [0.29, 0.717) is 6.54 Å². The van der Waals surface area contributed by atoms with Crippen molar-refractivity contribution in [3.8, 4) is 12.3 Å². The number of carbonyl (C=O) groups excluding carboxylic acids is 2. The predicted octanol–water partition coefficient (Wildman–Crippen LogP) is 0.991. The first-order valence-electron chi connectivity index (χ1n) is 6.12. The van der Waals surface area contributed by atoms with Crippen LogP contribution in [0, 0.1) is 18.3 Å². The number of nitrogens with one attached hydrogen (secondary N) is 1. The molecular formula is C13H20N2O3. The van der Waals surface area contributed by atoms with Gasteiger partial charge in [-0.05, 0) is 18.8 Å². The largest absolute Gasteiger partial charge is 0.453 e. The summed E-state index contributed by atoms with van der Waals surface area (Å²) in [6.45, 7) is 4.40. The summed E-state index contributed by atoms with van der Waals surface area (Å²) in [7, 11) is 1.28. The number of nitrogens with zero attached hydrogens (tertiary/aromatic N) is 1. The molecule has 0 aliphatic carbocycles. The van der Waals surface area contributed by atoms with Crippen LogP contribution in [0.3, 0.4) is 0 Å². The lowest BCUT2D eigenvalue weighted by Crippen LogP contribution is -2.52. The first-order chi connectivity index (χ1) is 8.51. The van der Waals surface area contributed by atoms with E-state index in [-0.39, 0.29) is 17.9 Å². The molecule has 1 heterocycles. The average Bonchev–Trinajstić information content (AvgIpc) is 2.82. The molecule has 1 saturated heterocycles. The molecule has 100 valence electrons. The van der Waals surface area contributed by atoms with Crippen molar-refractivity contribution in [2.24, 2.45) is 5.92 Å². The summed E-state index contributed by atoms with van der Waals surface area (Å²) >= 11 is 0. The van der Waals surface area contributed by atoms with Gasteiger partial charge in [-0.15, -0.1) is 6.42 Å². The van der Waals surface area contributed by atoms with Gasteiger partial charge >= 0.3 is 6.09 Å². The zero-order valence-corrected chi connectivity index (χ0v) is 11.1. The zero-order chi connectivity index (χ0) is 13.7. The molecule has 0 radical (unpaired) electrons. The Morgan fingerprint density at radius 1 is 1.50 bits per heavy atom. The fourth-order valence-corrected chi connectivity index (χ4v) is 2.08. The van der Waals surface area contributed by atoms with Crippen LogP contribution in [0.2, 0.25) is 0 Å². The van der Waals surface area contributed by atoms with Crippen molar-refractivity contribution < 1.29 is 14.3 Å². The summed E-state index contributed by atoms with van der Waals surface area (Å²) in [5.41, 5.74) is 0. The van der Waals surface area contributed by atoms with Crippen molar-refractivity contribution in [3.05, 3.63) is 0 Å². The van der Waals surface area contributed by atoms with Gasteiger partial charge in [-0.25, -0.2) is 4.79 Å². The Balaban J connectivity index is 2.77. The van der Waals surface area contributed by atoms with E-state index in [1.54, 1.807) is 4.90 Å². The van der Waals surface area contributed by atoms with E-state index in [4.69, 9.17) is 6.42 Å². The maximum absolute atomic E-state index is 12.4. The van der Waals surface area contributed by atoms with E-state index in [1.165, 1.54) is 7.11 Å². The summed E-state index contributed by atoms with van der Waals surface area (Å²) < 4.78 is 4.54. The van der Waals surface area contributed by atoms with Crippen LogP contribution in [0.1, 0.15) is 26.7 Å². The lowest BCUT2D eigenvalue weighted by atomic mass is 10.0. The molecule has 2 unspecified atom stereocenters. The SMILES string of the molecule is C#CC1CCCN1C(=O)C(NC(=O)OC)C(C)C. The first-order valence-corrected chi connectivity index (χ1v) is 6.12. The summed E-state index contributed by atoms with van der Waals surface area (Å²) in [5.74, 6) is 2.47. The molecule has 1 N–H and O–H groups in total. The van der Waals surface area contributed by atoms with Crippen LogP contribution in [0.5, 0.6) is 0 Å². The molecule has 0 aromatic carbocycles. The smallest absolute Gasteiger partial charge is 0.407 e. The number of carbonyl (C=O) groups is 2. The number of rotatable bonds is 3. The number of methoxy groups -OCH3 is 1. The minimum atomic E-state index is -0.599. The number of ether oxygens (including phenoxy) is 1. The molecule has 2 atom stereocenters. The van der Waals surface area contributed by atoms with Crippen molar-refractivity contribution in [2.45, 2.75) is 38.8 Å². The van der Waals surface area contributed by atoms with Gasteiger partial charge in [0.25, 0.3) is 0 Å². The Morgan fingerprint density at radius 3 is 2.67 bits per heavy atom. The molecule has 2 amide bonds. The quantitative estimate of drug-likeness (QED) is 0.762. The monoisotopic (exact) mass is 252 g/mol. The predicted molar refractivity (Wildman–Crippen MR) is 67.7 cm³/mol. The van der Waals surface area contributed by atoms with E-state index in [1.807, 2.05) is 13.8 Å². The van der Waals surface area contributed by atoms with E-state index in [0.717, 1.165) is 12.8 Å². The van der Waals surface area contributed by atoms with E-state index in [9.17, 15) is 9.59 Å². The second kappa shape index (κ2) is 6.29. The van der Waals surface area contributed by atoms with Crippen molar-refractivity contribution in [1.82, 2.24) is 10.2 Å². The Labute approximate surface area is 108 Å². The Hall–Kier alpha value is -1.70. The molecule has 1 aliphatic heterocycles. The Kier molecular flexibility index (Phi) is 5.02. The molecule has 1 fully saturated rings. The molecule has 0 aromatic heterocycles. The Morgan fingerprint density at radius 2 is 2.17 bits per heavy atom. The second-order valence-electron chi connectivity index (χ2n) is 4.71. The molecular weight excluding hydrogens is 232 g/mol. The number of hydrogen-bond acceptors (Lipinski definition) is 3. The molecule has 0 aromatic rings. The molecule has 0 spiro atoms. The van der Waals surface area contributed by atoms with Crippen LogP contribution in [0.4, 0.5) is 4.79 Å². The van der Waals surface area contributed by atoms with Gasteiger partial charge in [-0.3, -0.25) is 4.79 Å². The number of amides is 2. The maximum Gasteiger partial charge on any atom is 0.407 e. The van der Waals surface area contributed by atoms with Gasteiger partial charge in [-0.2, -0.15) is 0 Å². The number of hydrogen-bond donors (Lipinski definition) is 1. The minimum absolute atomic E-state index is 0.0179. The third-order valence-electron chi connectivity index (χ3n) is 3.12. The average molecular weight is 252 g/mol. The first kappa shape index (κ1) is 14.4. The van der Waals surface area contributed by atoms with Gasteiger partial charge < -0.3 is 15.0 Å². The summed E-state index contributed by atoms with van der Waals surface area (Å²) in [6, 6.07) is -0.746. The summed E-state index contributed by atoms with van der Waals surface area (Å²) in [4.78, 5) is 25.3. The minimum Gasteiger partial charge on any atom is -0.453 e. The summed E-state index contributed by atoms with van der Waals surface area (Å²) in [5, 5.41) is 2.57. The summed E-state index contributed by atoms with van der Waals surface area (Å²) in [6.07, 6.45) is 6.54. The van der Waals surface area contributed by atoms with E-state index < -0.39 is 12.1 Å². The second-order valence-corrected chi connectivity index (χ2v) is 4.71. The van der Waals surface area contributed by atoms with Crippen LogP contribution in [0.15, 0.2) is 0 Å². The van der Waals surface area contributed by atoms with Gasteiger partial charge in [0.2, 0.25) is 5.91 Å². The zero-order valence-electron chi connectivity index (χ0n) is 11.1. The molecule has 1 rings (SSSR count). The molecule has 0 saturated carbocycles. The Bertz CT molecular complexity index is 360. The lowest BCUT2D eigenvalue weighted by molar-refractivity contribution is -0.134. The van der Waals surface area contributed by atoms with Crippen LogP contribution < -0.4 is 5.32 Å². The maximum atomic E-state index is 12.4. The third kappa shape index (κ3) is 3.16. The van der Waals surface area contributed by atoms with Crippen LogP contribution >= 0.6 is 0 Å². The third-order valence-corrected chi connectivity index (χ3v) is 3.12. The number of terminal acetylenes is 1.